The summed E-state index contributed by atoms with van der Waals surface area (Å²) in [6.07, 6.45) is 7.72. The molecule has 2 fully saturated rings. The van der Waals surface area contributed by atoms with Gasteiger partial charge in [-0.1, -0.05) is 50.1 Å². The van der Waals surface area contributed by atoms with E-state index in [4.69, 9.17) is 0 Å². The summed E-state index contributed by atoms with van der Waals surface area (Å²) in [5.74, 6) is 4.67. The Morgan fingerprint density at radius 2 is 1.77 bits per heavy atom. The Hall–Kier alpha value is -0.670. The molecule has 1 aliphatic heterocycles. The largest absolute Gasteiger partial charge is 0.206 e. The number of rotatable bonds is 1. The van der Waals surface area contributed by atoms with Gasteiger partial charge in [0.05, 0.1) is 4.08 Å². The third kappa shape index (κ3) is 2.64. The van der Waals surface area contributed by atoms with Gasteiger partial charge in [-0.3, -0.25) is 0 Å². The van der Waals surface area contributed by atoms with Crippen LogP contribution < -0.4 is 0 Å². The van der Waals surface area contributed by atoms with Crippen LogP contribution in [0.25, 0.3) is 10.8 Å². The first-order valence-electron chi connectivity index (χ1n) is 10.2. The number of halogens is 1. The van der Waals surface area contributed by atoms with Crippen LogP contribution in [0.4, 0.5) is 4.39 Å². The zero-order chi connectivity index (χ0) is 17.7. The molecule has 5 rings (SSSR count). The maximum absolute atomic E-state index is 15.8. The molecule has 3 aliphatic rings. The van der Waals surface area contributed by atoms with Gasteiger partial charge >= 0.3 is 0 Å². The number of hydrogen-bond acceptors (Lipinski definition) is 2. The van der Waals surface area contributed by atoms with Crippen molar-refractivity contribution >= 4 is 34.3 Å². The molecular formula is C23H27FS2. The van der Waals surface area contributed by atoms with Gasteiger partial charge in [-0.05, 0) is 65.9 Å². The van der Waals surface area contributed by atoms with Crippen LogP contribution in [0.5, 0.6) is 0 Å². The minimum atomic E-state index is -0.0348. The zero-order valence-electron chi connectivity index (χ0n) is 15.5. The molecule has 0 bridgehead atoms. The molecule has 1 spiro atoms. The van der Waals surface area contributed by atoms with Crippen LogP contribution in [-0.4, -0.2) is 11.5 Å². The summed E-state index contributed by atoms with van der Waals surface area (Å²) in [6.45, 7) is 2.39. The molecule has 2 aliphatic carbocycles. The van der Waals surface area contributed by atoms with Crippen LogP contribution in [0.3, 0.4) is 0 Å². The van der Waals surface area contributed by atoms with E-state index in [0.29, 0.717) is 5.92 Å². The van der Waals surface area contributed by atoms with E-state index in [1.165, 1.54) is 49.2 Å². The van der Waals surface area contributed by atoms with E-state index >= 15 is 4.39 Å². The van der Waals surface area contributed by atoms with E-state index in [9.17, 15) is 0 Å². The zero-order valence-corrected chi connectivity index (χ0v) is 17.1. The first-order chi connectivity index (χ1) is 12.7. The molecule has 0 nitrogen and oxygen atoms in total. The van der Waals surface area contributed by atoms with Crippen molar-refractivity contribution in [2.24, 2.45) is 17.8 Å². The maximum atomic E-state index is 15.8. The normalized spacial score (nSPS) is 30.6. The van der Waals surface area contributed by atoms with E-state index in [1.807, 2.05) is 18.2 Å². The number of fused-ring (bicyclic) bond motifs is 3. The highest BCUT2D eigenvalue weighted by molar-refractivity contribution is 8.18. The van der Waals surface area contributed by atoms with Crippen molar-refractivity contribution in [3.8, 4) is 0 Å². The highest BCUT2D eigenvalue weighted by Crippen LogP contribution is 2.64. The van der Waals surface area contributed by atoms with Crippen LogP contribution in [-0.2, 0) is 10.5 Å². The van der Waals surface area contributed by atoms with Crippen molar-refractivity contribution in [3.63, 3.8) is 0 Å². The smallest absolute Gasteiger partial charge is 0.136 e. The molecule has 1 saturated heterocycles. The summed E-state index contributed by atoms with van der Waals surface area (Å²) in [5, 5.41) is 1.89. The second-order valence-electron chi connectivity index (χ2n) is 8.49. The number of hydrogen-bond donors (Lipinski definition) is 0. The molecular weight excluding hydrogens is 359 g/mol. The van der Waals surface area contributed by atoms with Crippen LogP contribution in [0.15, 0.2) is 30.3 Å². The first kappa shape index (κ1) is 17.4. The maximum Gasteiger partial charge on any atom is 0.136 e. The summed E-state index contributed by atoms with van der Waals surface area (Å²) in [6, 6.07) is 10.3. The Morgan fingerprint density at radius 3 is 2.54 bits per heavy atom. The molecule has 138 valence electrons. The fraction of sp³-hybridized carbons (Fsp3) is 0.565. The van der Waals surface area contributed by atoms with Crippen molar-refractivity contribution < 1.29 is 4.39 Å². The predicted octanol–water partition coefficient (Wildman–Crippen LogP) is 7.00. The van der Waals surface area contributed by atoms with Gasteiger partial charge in [0.2, 0.25) is 0 Å². The third-order valence-electron chi connectivity index (χ3n) is 6.90. The standard InChI is InChI=1S/C23H27FS2/c1-15-7-9-16(10-8-15)20-14-18-13-17-5-2-3-6-19(17)22(24)21(18)23(20)25-11-4-12-26-23/h2-3,5-6,13,15-16,20H,4,7-12,14H2,1H3. The van der Waals surface area contributed by atoms with Crippen molar-refractivity contribution in [1.82, 2.24) is 0 Å². The molecule has 1 saturated carbocycles. The minimum Gasteiger partial charge on any atom is -0.206 e. The molecule has 0 aromatic heterocycles. The Balaban J connectivity index is 1.63. The quantitative estimate of drug-likeness (QED) is 0.517. The van der Waals surface area contributed by atoms with Crippen LogP contribution >= 0.6 is 23.5 Å². The fourth-order valence-electron chi connectivity index (χ4n) is 5.52. The number of thioether (sulfide) groups is 2. The molecule has 0 amide bonds. The highest BCUT2D eigenvalue weighted by Gasteiger charge is 2.53. The molecule has 2 aromatic carbocycles. The van der Waals surface area contributed by atoms with Gasteiger partial charge < -0.3 is 0 Å². The lowest BCUT2D eigenvalue weighted by atomic mass is 9.75. The molecule has 0 radical (unpaired) electrons. The van der Waals surface area contributed by atoms with Gasteiger partial charge in [0, 0.05) is 10.9 Å². The monoisotopic (exact) mass is 386 g/mol. The lowest BCUT2D eigenvalue weighted by Crippen LogP contribution is -2.35. The van der Waals surface area contributed by atoms with Gasteiger partial charge in [-0.25, -0.2) is 4.39 Å². The molecule has 26 heavy (non-hydrogen) atoms. The van der Waals surface area contributed by atoms with Crippen LogP contribution in [0, 0.1) is 23.6 Å². The molecule has 1 unspecified atom stereocenters. The second-order valence-corrected chi connectivity index (χ2v) is 11.4. The Kier molecular flexibility index (Phi) is 4.52. The Labute approximate surface area is 164 Å². The Bertz CT molecular complexity index is 816. The average molecular weight is 387 g/mol. The van der Waals surface area contributed by atoms with Crippen LogP contribution in [0.1, 0.15) is 50.2 Å². The molecule has 2 aromatic rings. The fourth-order valence-corrected chi connectivity index (χ4v) is 9.43. The topological polar surface area (TPSA) is 0 Å². The highest BCUT2D eigenvalue weighted by atomic mass is 32.2. The van der Waals surface area contributed by atoms with Crippen molar-refractivity contribution in [3.05, 3.63) is 47.3 Å². The SMILES string of the molecule is CC1CCC(C2Cc3cc4ccccc4c(F)c3C23SCCCS3)CC1. The van der Waals surface area contributed by atoms with Gasteiger partial charge in [-0.15, -0.1) is 23.5 Å². The van der Waals surface area contributed by atoms with E-state index in [2.05, 4.69) is 42.6 Å². The van der Waals surface area contributed by atoms with Gasteiger partial charge in [0.25, 0.3) is 0 Å². The predicted molar refractivity (Wildman–Crippen MR) is 113 cm³/mol. The molecule has 1 heterocycles. The van der Waals surface area contributed by atoms with E-state index < -0.39 is 0 Å². The summed E-state index contributed by atoms with van der Waals surface area (Å²) in [7, 11) is 0. The summed E-state index contributed by atoms with van der Waals surface area (Å²) in [4.78, 5) is 0. The summed E-state index contributed by atoms with van der Waals surface area (Å²) < 4.78 is 15.7. The summed E-state index contributed by atoms with van der Waals surface area (Å²) >= 11 is 4.13. The minimum absolute atomic E-state index is 0.0348. The van der Waals surface area contributed by atoms with Gasteiger partial charge in [-0.2, -0.15) is 0 Å². The molecule has 0 N–H and O–H groups in total. The first-order valence-corrected chi connectivity index (χ1v) is 12.1. The van der Waals surface area contributed by atoms with E-state index in [1.54, 1.807) is 0 Å². The Morgan fingerprint density at radius 1 is 1.04 bits per heavy atom. The van der Waals surface area contributed by atoms with Crippen molar-refractivity contribution in [2.45, 2.75) is 49.5 Å². The van der Waals surface area contributed by atoms with Crippen LogP contribution in [0.2, 0.25) is 0 Å². The average Bonchev–Trinajstić information content (AvgIpc) is 2.97. The van der Waals surface area contributed by atoms with Crippen molar-refractivity contribution in [2.75, 3.05) is 11.5 Å². The molecule has 3 heteroatoms. The van der Waals surface area contributed by atoms with Crippen molar-refractivity contribution in [1.29, 1.82) is 0 Å². The van der Waals surface area contributed by atoms with Gasteiger partial charge in [0.1, 0.15) is 5.82 Å². The van der Waals surface area contributed by atoms with E-state index in [0.717, 1.165) is 34.6 Å². The summed E-state index contributed by atoms with van der Waals surface area (Å²) in [5.41, 5.74) is 2.36. The lowest BCUT2D eigenvalue weighted by Gasteiger charge is -2.44. The van der Waals surface area contributed by atoms with Gasteiger partial charge in [0.15, 0.2) is 0 Å². The third-order valence-corrected chi connectivity index (χ3v) is 10.5. The number of benzene rings is 2. The van der Waals surface area contributed by atoms with E-state index in [-0.39, 0.29) is 9.90 Å². The molecule has 1 atom stereocenters. The second kappa shape index (κ2) is 6.74. The lowest BCUT2D eigenvalue weighted by molar-refractivity contribution is 0.207.